The Morgan fingerprint density at radius 1 is 1.21 bits per heavy atom. The van der Waals surface area contributed by atoms with Gasteiger partial charge in [-0.05, 0) is 52.6 Å². The monoisotopic (exact) mass is 328 g/mol. The second-order valence-electron chi connectivity index (χ2n) is 7.17. The van der Waals surface area contributed by atoms with Crippen LogP contribution in [0.25, 0.3) is 0 Å². The number of carbonyl (C=O) groups excluding carboxylic acids is 1. The first-order chi connectivity index (χ1) is 11.3. The van der Waals surface area contributed by atoms with Crippen molar-refractivity contribution in [2.24, 2.45) is 0 Å². The van der Waals surface area contributed by atoms with E-state index in [1.54, 1.807) is 6.26 Å². The van der Waals surface area contributed by atoms with Gasteiger partial charge in [0.15, 0.2) is 0 Å². The molecule has 2 aromatic rings. The molecule has 1 atom stereocenters. The Bertz CT molecular complexity index is 643. The van der Waals surface area contributed by atoms with Gasteiger partial charge in [0.2, 0.25) is 5.91 Å². The third-order valence-electron chi connectivity index (χ3n) is 4.69. The van der Waals surface area contributed by atoms with Crippen molar-refractivity contribution in [2.45, 2.75) is 38.6 Å². The molecule has 1 N–H and O–H groups in total. The molecule has 2 rings (SSSR count). The van der Waals surface area contributed by atoms with Gasteiger partial charge in [-0.3, -0.25) is 4.79 Å². The molecule has 0 radical (unpaired) electrons. The molecule has 0 aliphatic heterocycles. The van der Waals surface area contributed by atoms with Gasteiger partial charge < -0.3 is 14.6 Å². The molecule has 0 saturated heterocycles. The fraction of sp³-hybridized carbons (Fsp3) is 0.450. The molecule has 1 aromatic heterocycles. The van der Waals surface area contributed by atoms with E-state index < -0.39 is 0 Å². The zero-order valence-corrected chi connectivity index (χ0v) is 15.3. The van der Waals surface area contributed by atoms with E-state index in [-0.39, 0.29) is 17.4 Å². The summed E-state index contributed by atoms with van der Waals surface area (Å²) in [7, 11) is 4.04. The summed E-state index contributed by atoms with van der Waals surface area (Å²) < 4.78 is 5.45. The molecule has 4 heteroatoms. The topological polar surface area (TPSA) is 45.5 Å². The van der Waals surface area contributed by atoms with Crippen molar-refractivity contribution in [3.05, 3.63) is 59.5 Å². The fourth-order valence-electron chi connectivity index (χ4n) is 2.38. The lowest BCUT2D eigenvalue weighted by Crippen LogP contribution is -2.49. The Morgan fingerprint density at radius 2 is 1.88 bits per heavy atom. The molecule has 1 amide bonds. The van der Waals surface area contributed by atoms with Crippen LogP contribution >= 0.6 is 0 Å². The zero-order chi connectivity index (χ0) is 17.7. The molecular formula is C20H28N2O2. The molecule has 4 nitrogen and oxygen atoms in total. The molecule has 1 heterocycles. The maximum Gasteiger partial charge on any atom is 0.228 e. The summed E-state index contributed by atoms with van der Waals surface area (Å²) in [6.07, 6.45) is 2.21. The molecule has 1 unspecified atom stereocenters. The summed E-state index contributed by atoms with van der Waals surface area (Å²) in [5.74, 6) is 0.600. The van der Waals surface area contributed by atoms with Gasteiger partial charge in [0.05, 0.1) is 12.2 Å². The minimum Gasteiger partial charge on any atom is -0.469 e. The van der Waals surface area contributed by atoms with E-state index in [4.69, 9.17) is 4.42 Å². The highest BCUT2D eigenvalue weighted by atomic mass is 16.3. The average molecular weight is 328 g/mol. The molecule has 0 aliphatic carbocycles. The van der Waals surface area contributed by atoms with Gasteiger partial charge in [-0.1, -0.05) is 29.8 Å². The maximum absolute atomic E-state index is 12.9. The van der Waals surface area contributed by atoms with Crippen molar-refractivity contribution in [1.29, 1.82) is 0 Å². The predicted molar refractivity (Wildman–Crippen MR) is 97.1 cm³/mol. The highest BCUT2D eigenvalue weighted by Gasteiger charge is 2.26. The van der Waals surface area contributed by atoms with Crippen molar-refractivity contribution in [3.8, 4) is 0 Å². The summed E-state index contributed by atoms with van der Waals surface area (Å²) in [5.41, 5.74) is 2.10. The Kier molecular flexibility index (Phi) is 5.84. The lowest BCUT2D eigenvalue weighted by molar-refractivity contribution is -0.123. The number of likely N-dealkylation sites (N-methyl/N-ethyl adjacent to an activating group) is 1. The number of nitrogens with one attached hydrogen (secondary N) is 1. The Morgan fingerprint density at radius 3 is 2.42 bits per heavy atom. The number of carbonyl (C=O) groups is 1. The normalized spacial score (nSPS) is 13.1. The third-order valence-corrected chi connectivity index (χ3v) is 4.69. The lowest BCUT2D eigenvalue weighted by Gasteiger charge is -2.33. The van der Waals surface area contributed by atoms with Crippen LogP contribution in [-0.2, 0) is 11.2 Å². The smallest absolute Gasteiger partial charge is 0.228 e. The maximum atomic E-state index is 12.9. The number of furan rings is 1. The molecule has 0 aliphatic rings. The number of benzene rings is 1. The van der Waals surface area contributed by atoms with Crippen LogP contribution in [0.2, 0.25) is 0 Å². The average Bonchev–Trinajstić information content (AvgIpc) is 3.04. The van der Waals surface area contributed by atoms with Gasteiger partial charge in [0.25, 0.3) is 0 Å². The SMILES string of the molecule is Cc1ccc(C(Cc2ccco2)C(=O)NCC(C)(C)N(C)C)cc1. The summed E-state index contributed by atoms with van der Waals surface area (Å²) in [6, 6.07) is 11.9. The van der Waals surface area contributed by atoms with Crippen LogP contribution in [0.15, 0.2) is 47.1 Å². The van der Waals surface area contributed by atoms with Crippen LogP contribution in [0.3, 0.4) is 0 Å². The van der Waals surface area contributed by atoms with Gasteiger partial charge in [-0.25, -0.2) is 0 Å². The third kappa shape index (κ3) is 4.71. The van der Waals surface area contributed by atoms with Gasteiger partial charge >= 0.3 is 0 Å². The quantitative estimate of drug-likeness (QED) is 0.847. The van der Waals surface area contributed by atoms with Crippen molar-refractivity contribution in [3.63, 3.8) is 0 Å². The Labute approximate surface area is 144 Å². The zero-order valence-electron chi connectivity index (χ0n) is 15.3. The molecule has 130 valence electrons. The molecule has 24 heavy (non-hydrogen) atoms. The Balaban J connectivity index is 2.15. The molecule has 0 fully saturated rings. The van der Waals surface area contributed by atoms with E-state index in [0.717, 1.165) is 11.3 Å². The van der Waals surface area contributed by atoms with Crippen LogP contribution in [0.1, 0.15) is 36.7 Å². The number of nitrogens with zero attached hydrogens (tertiary/aromatic N) is 1. The molecule has 1 aromatic carbocycles. The first kappa shape index (κ1) is 18.3. The van der Waals surface area contributed by atoms with Gasteiger partial charge in [-0.15, -0.1) is 0 Å². The van der Waals surface area contributed by atoms with Gasteiger partial charge in [-0.2, -0.15) is 0 Å². The number of hydrogen-bond acceptors (Lipinski definition) is 3. The molecule has 0 spiro atoms. The summed E-state index contributed by atoms with van der Waals surface area (Å²) in [5, 5.41) is 3.11. The minimum absolute atomic E-state index is 0.0326. The van der Waals surface area contributed by atoms with E-state index in [1.807, 2.05) is 57.4 Å². The summed E-state index contributed by atoms with van der Waals surface area (Å²) >= 11 is 0. The van der Waals surface area contributed by atoms with Gasteiger partial charge in [0.1, 0.15) is 5.76 Å². The standard InChI is InChI=1S/C20H28N2O2/c1-15-8-10-16(11-9-15)18(13-17-7-6-12-24-17)19(23)21-14-20(2,3)22(4)5/h6-12,18H,13-14H2,1-5H3,(H,21,23). The van der Waals surface area contributed by atoms with E-state index in [1.165, 1.54) is 5.56 Å². The predicted octanol–water partition coefficient (Wildman–Crippen LogP) is 3.37. The number of aryl methyl sites for hydroxylation is 1. The van der Waals surface area contributed by atoms with E-state index in [2.05, 4.69) is 24.1 Å². The fourth-order valence-corrected chi connectivity index (χ4v) is 2.38. The molecule has 0 saturated carbocycles. The first-order valence-electron chi connectivity index (χ1n) is 8.33. The summed E-state index contributed by atoms with van der Waals surface area (Å²) in [6.45, 7) is 6.87. The van der Waals surface area contributed by atoms with Crippen molar-refractivity contribution in [2.75, 3.05) is 20.6 Å². The Hall–Kier alpha value is -2.07. The number of rotatable bonds is 7. The van der Waals surface area contributed by atoms with Crippen molar-refractivity contribution in [1.82, 2.24) is 10.2 Å². The van der Waals surface area contributed by atoms with E-state index in [0.29, 0.717) is 13.0 Å². The van der Waals surface area contributed by atoms with E-state index in [9.17, 15) is 4.79 Å². The number of amides is 1. The summed E-state index contributed by atoms with van der Waals surface area (Å²) in [4.78, 5) is 15.0. The first-order valence-corrected chi connectivity index (χ1v) is 8.33. The molecule has 0 bridgehead atoms. The molecular weight excluding hydrogens is 300 g/mol. The lowest BCUT2D eigenvalue weighted by atomic mass is 9.92. The second-order valence-corrected chi connectivity index (χ2v) is 7.17. The second kappa shape index (κ2) is 7.67. The minimum atomic E-state index is -0.255. The van der Waals surface area contributed by atoms with Crippen LogP contribution in [0.5, 0.6) is 0 Å². The van der Waals surface area contributed by atoms with Gasteiger partial charge in [0, 0.05) is 18.5 Å². The highest BCUT2D eigenvalue weighted by Crippen LogP contribution is 2.22. The highest BCUT2D eigenvalue weighted by molar-refractivity contribution is 5.84. The van der Waals surface area contributed by atoms with Crippen LogP contribution in [-0.4, -0.2) is 37.0 Å². The number of hydrogen-bond donors (Lipinski definition) is 1. The van der Waals surface area contributed by atoms with Crippen LogP contribution in [0.4, 0.5) is 0 Å². The van der Waals surface area contributed by atoms with Crippen molar-refractivity contribution >= 4 is 5.91 Å². The van der Waals surface area contributed by atoms with Crippen molar-refractivity contribution < 1.29 is 9.21 Å². The van der Waals surface area contributed by atoms with Crippen LogP contribution < -0.4 is 5.32 Å². The largest absolute Gasteiger partial charge is 0.469 e. The van der Waals surface area contributed by atoms with E-state index >= 15 is 0 Å². The van der Waals surface area contributed by atoms with Crippen LogP contribution in [0, 0.1) is 6.92 Å².